The van der Waals surface area contributed by atoms with Crippen molar-refractivity contribution in [1.82, 2.24) is 10.3 Å². The van der Waals surface area contributed by atoms with Crippen LogP contribution in [0, 0.1) is 0 Å². The van der Waals surface area contributed by atoms with Crippen LogP contribution in [0.25, 0.3) is 11.3 Å². The van der Waals surface area contributed by atoms with Gasteiger partial charge in [0.1, 0.15) is 17.6 Å². The molecule has 0 aliphatic carbocycles. The lowest BCUT2D eigenvalue weighted by Gasteiger charge is -2.26. The van der Waals surface area contributed by atoms with Crippen molar-refractivity contribution in [2.24, 2.45) is 0 Å². The first-order valence-corrected chi connectivity index (χ1v) is 11.4. The highest BCUT2D eigenvalue weighted by molar-refractivity contribution is 7.80. The normalized spacial score (nSPS) is 17.8. The highest BCUT2D eigenvalue weighted by Gasteiger charge is 2.42. The van der Waals surface area contributed by atoms with Crippen LogP contribution < -0.4 is 15.1 Å². The second-order valence-electron chi connectivity index (χ2n) is 8.12. The topological polar surface area (TPSA) is 44.5 Å². The minimum absolute atomic E-state index is 0.156. The van der Waals surface area contributed by atoms with Crippen molar-refractivity contribution in [2.75, 3.05) is 23.9 Å². The summed E-state index contributed by atoms with van der Waals surface area (Å²) in [6, 6.07) is 25.5. The number of benzene rings is 2. The van der Waals surface area contributed by atoms with Crippen LogP contribution in [0.4, 0.5) is 11.4 Å². The lowest BCUT2D eigenvalue weighted by Crippen LogP contribution is -2.29. The van der Waals surface area contributed by atoms with Gasteiger partial charge >= 0.3 is 0 Å². The number of hydrogen-bond donors (Lipinski definition) is 1. The van der Waals surface area contributed by atoms with Gasteiger partial charge in [0.25, 0.3) is 0 Å². The van der Waals surface area contributed by atoms with Crippen LogP contribution in [-0.2, 0) is 0 Å². The molecule has 3 heterocycles. The number of halogens is 1. The van der Waals surface area contributed by atoms with Crippen molar-refractivity contribution in [3.05, 3.63) is 102 Å². The molecule has 1 N–H and O–H groups in total. The van der Waals surface area contributed by atoms with E-state index in [9.17, 15) is 0 Å². The number of aromatic nitrogens is 1. The number of pyridine rings is 1. The van der Waals surface area contributed by atoms with Crippen LogP contribution in [-0.4, -0.2) is 24.2 Å². The summed E-state index contributed by atoms with van der Waals surface area (Å²) in [5.74, 6) is 1.59. The smallest absolute Gasteiger partial charge is 0.174 e. The van der Waals surface area contributed by atoms with Gasteiger partial charge in [0, 0.05) is 42.3 Å². The summed E-state index contributed by atoms with van der Waals surface area (Å²) in [7, 11) is 4.05. The molecular formula is C26H23ClN4OS. The summed E-state index contributed by atoms with van der Waals surface area (Å²) in [5, 5.41) is 4.80. The first kappa shape index (κ1) is 21.5. The van der Waals surface area contributed by atoms with E-state index in [-0.39, 0.29) is 12.1 Å². The van der Waals surface area contributed by atoms with Crippen molar-refractivity contribution in [3.63, 3.8) is 0 Å². The summed E-state index contributed by atoms with van der Waals surface area (Å²) >= 11 is 11.9. The Morgan fingerprint density at radius 3 is 2.39 bits per heavy atom. The van der Waals surface area contributed by atoms with E-state index in [0.717, 1.165) is 34.2 Å². The lowest BCUT2D eigenvalue weighted by molar-refractivity contribution is 0.439. The molecule has 0 spiro atoms. The monoisotopic (exact) mass is 474 g/mol. The summed E-state index contributed by atoms with van der Waals surface area (Å²) in [6.07, 6.45) is 1.80. The van der Waals surface area contributed by atoms with Gasteiger partial charge in [-0.05, 0) is 85.0 Å². The van der Waals surface area contributed by atoms with E-state index < -0.39 is 0 Å². The molecule has 166 valence electrons. The van der Waals surface area contributed by atoms with Gasteiger partial charge in [-0.3, -0.25) is 4.98 Å². The van der Waals surface area contributed by atoms with Crippen LogP contribution >= 0.6 is 23.8 Å². The molecule has 1 fully saturated rings. The standard InChI is InChI=1S/C26H23ClN4OS/c1-30(2)19-10-12-20(13-11-19)31-25(24(29-26(31)33)21-5-3-4-16-28-21)23-15-14-22(32-23)17-6-8-18(27)9-7-17/h3-16,24-25H,1-2H3,(H,29,33). The molecular weight excluding hydrogens is 452 g/mol. The molecule has 2 aromatic carbocycles. The fourth-order valence-corrected chi connectivity index (χ4v) is 4.59. The van der Waals surface area contributed by atoms with Crippen LogP contribution in [0.5, 0.6) is 0 Å². The highest BCUT2D eigenvalue weighted by atomic mass is 35.5. The van der Waals surface area contributed by atoms with Gasteiger partial charge < -0.3 is 19.5 Å². The molecule has 2 aromatic heterocycles. The highest BCUT2D eigenvalue weighted by Crippen LogP contribution is 2.43. The van der Waals surface area contributed by atoms with Crippen molar-refractivity contribution < 1.29 is 4.42 Å². The van der Waals surface area contributed by atoms with E-state index in [1.165, 1.54) is 0 Å². The van der Waals surface area contributed by atoms with E-state index in [1.54, 1.807) is 6.20 Å². The van der Waals surface area contributed by atoms with E-state index in [0.29, 0.717) is 10.1 Å². The average Bonchev–Trinajstić information content (AvgIpc) is 3.45. The fraction of sp³-hybridized carbons (Fsp3) is 0.154. The molecule has 2 atom stereocenters. The summed E-state index contributed by atoms with van der Waals surface area (Å²) in [4.78, 5) is 8.78. The maximum absolute atomic E-state index is 6.39. The Morgan fingerprint density at radius 2 is 1.73 bits per heavy atom. The SMILES string of the molecule is CN(C)c1ccc(N2C(=S)NC(c3ccccn3)C2c2ccc(-c3ccc(Cl)cc3)o2)cc1. The van der Waals surface area contributed by atoms with E-state index in [4.69, 9.17) is 28.2 Å². The van der Waals surface area contributed by atoms with Gasteiger partial charge in [0.15, 0.2) is 5.11 Å². The number of nitrogens with one attached hydrogen (secondary N) is 1. The molecule has 5 nitrogen and oxygen atoms in total. The third-order valence-electron chi connectivity index (χ3n) is 5.79. The minimum Gasteiger partial charge on any atom is -0.459 e. The molecule has 0 saturated carbocycles. The fourth-order valence-electron chi connectivity index (χ4n) is 4.11. The maximum atomic E-state index is 6.39. The Morgan fingerprint density at radius 1 is 0.970 bits per heavy atom. The maximum Gasteiger partial charge on any atom is 0.174 e. The number of rotatable bonds is 5. The van der Waals surface area contributed by atoms with Gasteiger partial charge in [-0.2, -0.15) is 0 Å². The van der Waals surface area contributed by atoms with Crippen LogP contribution in [0.1, 0.15) is 23.5 Å². The zero-order valence-electron chi connectivity index (χ0n) is 18.3. The first-order chi connectivity index (χ1) is 16.0. The zero-order chi connectivity index (χ0) is 22.9. The summed E-state index contributed by atoms with van der Waals surface area (Å²) in [6.45, 7) is 0. The van der Waals surface area contributed by atoms with E-state index in [1.807, 2.05) is 68.7 Å². The van der Waals surface area contributed by atoms with Gasteiger partial charge in [-0.15, -0.1) is 0 Å². The quantitative estimate of drug-likeness (QED) is 0.345. The van der Waals surface area contributed by atoms with Crippen molar-refractivity contribution in [2.45, 2.75) is 12.1 Å². The predicted molar refractivity (Wildman–Crippen MR) is 138 cm³/mol. The van der Waals surface area contributed by atoms with E-state index >= 15 is 0 Å². The van der Waals surface area contributed by atoms with Crippen LogP contribution in [0.15, 0.2) is 89.5 Å². The van der Waals surface area contributed by atoms with Gasteiger partial charge in [0.2, 0.25) is 0 Å². The molecule has 1 saturated heterocycles. The number of furan rings is 1. The Labute approximate surface area is 203 Å². The molecule has 5 rings (SSSR count). The molecule has 0 bridgehead atoms. The van der Waals surface area contributed by atoms with Gasteiger partial charge in [-0.25, -0.2) is 0 Å². The first-order valence-electron chi connectivity index (χ1n) is 10.6. The van der Waals surface area contributed by atoms with Gasteiger partial charge in [-0.1, -0.05) is 17.7 Å². The molecule has 2 unspecified atom stereocenters. The number of nitrogens with zero attached hydrogens (tertiary/aromatic N) is 3. The zero-order valence-corrected chi connectivity index (χ0v) is 19.8. The molecule has 7 heteroatoms. The lowest BCUT2D eigenvalue weighted by atomic mass is 10.0. The Hall–Kier alpha value is -3.35. The van der Waals surface area contributed by atoms with E-state index in [2.05, 4.69) is 44.4 Å². The van der Waals surface area contributed by atoms with Gasteiger partial charge in [0.05, 0.1) is 11.7 Å². The summed E-state index contributed by atoms with van der Waals surface area (Å²) in [5.41, 5.74) is 3.99. The molecule has 33 heavy (non-hydrogen) atoms. The van der Waals surface area contributed by atoms with Crippen LogP contribution in [0.3, 0.4) is 0 Å². The number of anilines is 2. The van der Waals surface area contributed by atoms with Crippen molar-refractivity contribution in [1.29, 1.82) is 0 Å². The predicted octanol–water partition coefficient (Wildman–Crippen LogP) is 6.24. The Balaban J connectivity index is 1.57. The average molecular weight is 475 g/mol. The third kappa shape index (κ3) is 4.19. The minimum atomic E-state index is -0.196. The van der Waals surface area contributed by atoms with Crippen molar-refractivity contribution >= 4 is 40.3 Å². The molecule has 0 radical (unpaired) electrons. The Kier molecular flexibility index (Phi) is 5.79. The largest absolute Gasteiger partial charge is 0.459 e. The molecule has 1 aliphatic rings. The number of hydrogen-bond acceptors (Lipinski definition) is 4. The molecule has 1 aliphatic heterocycles. The molecule has 4 aromatic rings. The molecule has 0 amide bonds. The second-order valence-corrected chi connectivity index (χ2v) is 8.94. The summed E-state index contributed by atoms with van der Waals surface area (Å²) < 4.78 is 6.39. The van der Waals surface area contributed by atoms with Crippen LogP contribution in [0.2, 0.25) is 5.02 Å². The second kappa shape index (κ2) is 8.89. The Bertz CT molecular complexity index is 1260. The number of thiocarbonyl (C=S) groups is 1. The third-order valence-corrected chi connectivity index (χ3v) is 6.36. The van der Waals surface area contributed by atoms with Crippen molar-refractivity contribution in [3.8, 4) is 11.3 Å².